The van der Waals surface area contributed by atoms with E-state index in [0.29, 0.717) is 0 Å². The Morgan fingerprint density at radius 3 is 2.37 bits per heavy atom. The van der Waals surface area contributed by atoms with E-state index in [0.717, 1.165) is 11.3 Å². The first kappa shape index (κ1) is 13.6. The van der Waals surface area contributed by atoms with Crippen molar-refractivity contribution in [3.63, 3.8) is 0 Å². The molecule has 0 radical (unpaired) electrons. The zero-order valence-electron chi connectivity index (χ0n) is 11.8. The first-order valence-electron chi connectivity index (χ1n) is 6.63. The summed E-state index contributed by atoms with van der Waals surface area (Å²) in [6, 6.07) is 14.7. The first-order chi connectivity index (χ1) is 9.10. The maximum Gasteiger partial charge on any atom is 0.0681 e. The third-order valence-corrected chi connectivity index (χ3v) is 3.42. The van der Waals surface area contributed by atoms with Gasteiger partial charge in [-0.15, -0.1) is 0 Å². The van der Waals surface area contributed by atoms with Crippen molar-refractivity contribution < 1.29 is 5.11 Å². The lowest BCUT2D eigenvalue weighted by atomic mass is 10.00. The Labute approximate surface area is 115 Å². The van der Waals surface area contributed by atoms with Gasteiger partial charge >= 0.3 is 0 Å². The molecule has 0 aliphatic heterocycles. The lowest BCUT2D eigenvalue weighted by Crippen LogP contribution is -2.08. The maximum absolute atomic E-state index is 9.03. The van der Waals surface area contributed by atoms with E-state index < -0.39 is 0 Å². The van der Waals surface area contributed by atoms with Gasteiger partial charge in [-0.05, 0) is 49.6 Å². The lowest BCUT2D eigenvalue weighted by molar-refractivity contribution is 0.282. The normalized spacial score (nSPS) is 12.2. The molecule has 0 amide bonds. The van der Waals surface area contributed by atoms with E-state index in [1.807, 2.05) is 24.3 Å². The fraction of sp³-hybridized carbons (Fsp3) is 0.294. The number of aryl methyl sites for hydroxylation is 2. The van der Waals surface area contributed by atoms with Crippen molar-refractivity contribution in [3.05, 3.63) is 64.7 Å². The van der Waals surface area contributed by atoms with Gasteiger partial charge in [-0.3, -0.25) is 0 Å². The van der Waals surface area contributed by atoms with Crippen LogP contribution in [-0.2, 0) is 6.61 Å². The number of rotatable bonds is 4. The molecule has 2 N–H and O–H groups in total. The summed E-state index contributed by atoms with van der Waals surface area (Å²) in [4.78, 5) is 0. The van der Waals surface area contributed by atoms with Gasteiger partial charge in [0.2, 0.25) is 0 Å². The van der Waals surface area contributed by atoms with Gasteiger partial charge in [0.15, 0.2) is 0 Å². The van der Waals surface area contributed by atoms with E-state index >= 15 is 0 Å². The molecule has 0 fully saturated rings. The summed E-state index contributed by atoms with van der Waals surface area (Å²) < 4.78 is 0. The van der Waals surface area contributed by atoms with E-state index in [1.54, 1.807) is 0 Å². The molecule has 2 rings (SSSR count). The number of nitrogens with one attached hydrogen (secondary N) is 1. The van der Waals surface area contributed by atoms with Gasteiger partial charge in [-0.2, -0.15) is 0 Å². The van der Waals surface area contributed by atoms with E-state index in [1.165, 1.54) is 16.7 Å². The van der Waals surface area contributed by atoms with Crippen molar-refractivity contribution in [3.8, 4) is 0 Å². The van der Waals surface area contributed by atoms with Crippen molar-refractivity contribution >= 4 is 5.69 Å². The monoisotopic (exact) mass is 255 g/mol. The van der Waals surface area contributed by atoms with Crippen LogP contribution in [-0.4, -0.2) is 5.11 Å². The Morgan fingerprint density at radius 2 is 1.74 bits per heavy atom. The minimum atomic E-state index is 0.0901. The standard InChI is InChI=1S/C17H21NO/c1-12-4-5-13(2)17(10-12)14(3)18-16-8-6-15(11-19)7-9-16/h4-10,14,18-19H,11H2,1-3H3. The lowest BCUT2D eigenvalue weighted by Gasteiger charge is -2.18. The summed E-state index contributed by atoms with van der Waals surface area (Å²) in [6.45, 7) is 6.52. The zero-order valence-corrected chi connectivity index (χ0v) is 11.8. The number of anilines is 1. The van der Waals surface area contributed by atoms with Gasteiger partial charge in [-0.1, -0.05) is 35.9 Å². The van der Waals surface area contributed by atoms with Crippen LogP contribution in [0.25, 0.3) is 0 Å². The minimum absolute atomic E-state index is 0.0901. The van der Waals surface area contributed by atoms with E-state index in [4.69, 9.17) is 5.11 Å². The summed E-state index contributed by atoms with van der Waals surface area (Å²) >= 11 is 0. The highest BCUT2D eigenvalue weighted by molar-refractivity contribution is 5.47. The van der Waals surface area contributed by atoms with Crippen LogP contribution in [0.4, 0.5) is 5.69 Å². The number of aliphatic hydroxyl groups excluding tert-OH is 1. The molecule has 0 aromatic heterocycles. The van der Waals surface area contributed by atoms with Crippen molar-refractivity contribution in [1.29, 1.82) is 0 Å². The second-order valence-electron chi connectivity index (χ2n) is 5.08. The van der Waals surface area contributed by atoms with Crippen LogP contribution in [0.3, 0.4) is 0 Å². The molecule has 0 spiro atoms. The Morgan fingerprint density at radius 1 is 1.05 bits per heavy atom. The molecule has 0 aliphatic rings. The van der Waals surface area contributed by atoms with Crippen LogP contribution < -0.4 is 5.32 Å². The Balaban J connectivity index is 2.15. The predicted octanol–water partition coefficient (Wildman–Crippen LogP) is 3.97. The number of hydrogen-bond donors (Lipinski definition) is 2. The Hall–Kier alpha value is -1.80. The molecule has 0 aliphatic carbocycles. The van der Waals surface area contributed by atoms with Crippen molar-refractivity contribution in [2.24, 2.45) is 0 Å². The van der Waals surface area contributed by atoms with Gasteiger partial charge in [0.25, 0.3) is 0 Å². The van der Waals surface area contributed by atoms with Crippen molar-refractivity contribution in [2.45, 2.75) is 33.4 Å². The quantitative estimate of drug-likeness (QED) is 0.866. The first-order valence-corrected chi connectivity index (χ1v) is 6.63. The Bertz CT molecular complexity index is 546. The van der Waals surface area contributed by atoms with Gasteiger partial charge in [0.1, 0.15) is 0 Å². The van der Waals surface area contributed by atoms with Gasteiger partial charge < -0.3 is 10.4 Å². The summed E-state index contributed by atoms with van der Waals surface area (Å²) in [5.41, 5.74) is 5.92. The maximum atomic E-state index is 9.03. The van der Waals surface area contributed by atoms with Crippen molar-refractivity contribution in [1.82, 2.24) is 0 Å². The molecule has 0 saturated heterocycles. The SMILES string of the molecule is Cc1ccc(C)c(C(C)Nc2ccc(CO)cc2)c1. The van der Waals surface area contributed by atoms with Crippen LogP contribution in [0.15, 0.2) is 42.5 Å². The smallest absolute Gasteiger partial charge is 0.0681 e. The number of aliphatic hydroxyl groups is 1. The minimum Gasteiger partial charge on any atom is -0.392 e. The zero-order chi connectivity index (χ0) is 13.8. The van der Waals surface area contributed by atoms with Gasteiger partial charge in [-0.25, -0.2) is 0 Å². The Kier molecular flexibility index (Phi) is 4.23. The summed E-state index contributed by atoms with van der Waals surface area (Å²) in [5.74, 6) is 0. The topological polar surface area (TPSA) is 32.3 Å². The van der Waals surface area contributed by atoms with Crippen LogP contribution in [0.5, 0.6) is 0 Å². The van der Waals surface area contributed by atoms with Crippen LogP contribution in [0.2, 0.25) is 0 Å². The third kappa shape index (κ3) is 3.36. The number of hydrogen-bond acceptors (Lipinski definition) is 2. The molecule has 19 heavy (non-hydrogen) atoms. The van der Waals surface area contributed by atoms with Crippen LogP contribution >= 0.6 is 0 Å². The summed E-state index contributed by atoms with van der Waals surface area (Å²) in [6.07, 6.45) is 0. The summed E-state index contributed by atoms with van der Waals surface area (Å²) in [5, 5.41) is 12.5. The second-order valence-corrected chi connectivity index (χ2v) is 5.08. The largest absolute Gasteiger partial charge is 0.392 e. The highest BCUT2D eigenvalue weighted by Gasteiger charge is 2.08. The fourth-order valence-corrected chi connectivity index (χ4v) is 2.26. The van der Waals surface area contributed by atoms with Crippen LogP contribution in [0.1, 0.15) is 35.2 Å². The molecule has 0 saturated carbocycles. The molecular formula is C17H21NO. The van der Waals surface area contributed by atoms with E-state index in [2.05, 4.69) is 44.3 Å². The average Bonchev–Trinajstić information content (AvgIpc) is 2.42. The molecule has 0 heterocycles. The highest BCUT2D eigenvalue weighted by atomic mass is 16.3. The second kappa shape index (κ2) is 5.89. The predicted molar refractivity (Wildman–Crippen MR) is 80.3 cm³/mol. The number of benzene rings is 2. The van der Waals surface area contributed by atoms with Crippen molar-refractivity contribution in [2.75, 3.05) is 5.32 Å². The third-order valence-electron chi connectivity index (χ3n) is 3.42. The van der Waals surface area contributed by atoms with Gasteiger partial charge in [0, 0.05) is 11.7 Å². The molecule has 2 nitrogen and oxygen atoms in total. The highest BCUT2D eigenvalue weighted by Crippen LogP contribution is 2.23. The van der Waals surface area contributed by atoms with Gasteiger partial charge in [0.05, 0.1) is 6.61 Å². The van der Waals surface area contributed by atoms with E-state index in [9.17, 15) is 0 Å². The van der Waals surface area contributed by atoms with Crippen LogP contribution in [0, 0.1) is 13.8 Å². The molecule has 1 atom stereocenters. The molecular weight excluding hydrogens is 234 g/mol. The average molecular weight is 255 g/mol. The molecule has 2 heteroatoms. The molecule has 2 aromatic carbocycles. The molecule has 2 aromatic rings. The molecule has 1 unspecified atom stereocenters. The fourth-order valence-electron chi connectivity index (χ4n) is 2.26. The van der Waals surface area contributed by atoms with E-state index in [-0.39, 0.29) is 12.6 Å². The molecule has 0 bridgehead atoms. The summed E-state index contributed by atoms with van der Waals surface area (Å²) in [7, 11) is 0. The molecule has 100 valence electrons.